The van der Waals surface area contributed by atoms with Crippen molar-refractivity contribution in [3.63, 3.8) is 0 Å². The Morgan fingerprint density at radius 2 is 2.14 bits per heavy atom. The van der Waals surface area contributed by atoms with Crippen molar-refractivity contribution in [3.05, 3.63) is 48.0 Å². The summed E-state index contributed by atoms with van der Waals surface area (Å²) in [6.45, 7) is 0.257. The molecule has 4 rings (SSSR count). The van der Waals surface area contributed by atoms with E-state index in [0.29, 0.717) is 17.8 Å². The second kappa shape index (κ2) is 7.74. The van der Waals surface area contributed by atoms with Crippen molar-refractivity contribution in [2.24, 2.45) is 5.92 Å². The predicted octanol–water partition coefficient (Wildman–Crippen LogP) is 2.67. The fourth-order valence-electron chi connectivity index (χ4n) is 3.60. The lowest BCUT2D eigenvalue weighted by atomic mass is 9.87. The van der Waals surface area contributed by atoms with Crippen LogP contribution in [0.4, 0.5) is 5.82 Å². The Bertz CT molecular complexity index is 1050. The van der Waals surface area contributed by atoms with Crippen molar-refractivity contribution in [1.29, 1.82) is 5.26 Å². The van der Waals surface area contributed by atoms with Crippen molar-refractivity contribution in [2.75, 3.05) is 11.9 Å². The summed E-state index contributed by atoms with van der Waals surface area (Å²) in [5.41, 5.74) is 1.12. The third kappa shape index (κ3) is 3.70. The van der Waals surface area contributed by atoms with Crippen LogP contribution in [0.5, 0.6) is 0 Å². The van der Waals surface area contributed by atoms with Crippen molar-refractivity contribution in [1.82, 2.24) is 19.7 Å². The van der Waals surface area contributed by atoms with Gasteiger partial charge in [-0.3, -0.25) is 9.48 Å². The molecule has 1 aliphatic carbocycles. The first-order chi connectivity index (χ1) is 13.7. The highest BCUT2D eigenvalue weighted by molar-refractivity contribution is 6.03. The third-order valence-corrected chi connectivity index (χ3v) is 5.19. The lowest BCUT2D eigenvalue weighted by molar-refractivity contribution is 0.102. The molecule has 0 aliphatic heterocycles. The van der Waals surface area contributed by atoms with Crippen molar-refractivity contribution in [3.8, 4) is 6.07 Å². The summed E-state index contributed by atoms with van der Waals surface area (Å²) < 4.78 is 1.98. The Morgan fingerprint density at radius 1 is 1.32 bits per heavy atom. The molecular formula is C20H20N6O2. The number of aliphatic hydroxyl groups excluding tert-OH is 1. The van der Waals surface area contributed by atoms with E-state index in [-0.39, 0.29) is 18.0 Å². The van der Waals surface area contributed by atoms with Gasteiger partial charge in [-0.05, 0) is 49.8 Å². The molecule has 0 spiro atoms. The minimum Gasteiger partial charge on any atom is -0.396 e. The number of pyridine rings is 2. The van der Waals surface area contributed by atoms with E-state index in [2.05, 4.69) is 20.4 Å². The van der Waals surface area contributed by atoms with E-state index in [1.165, 1.54) is 0 Å². The molecule has 8 nitrogen and oxygen atoms in total. The molecule has 1 amide bonds. The van der Waals surface area contributed by atoms with E-state index in [0.717, 1.165) is 36.6 Å². The molecule has 0 aromatic carbocycles. The normalized spacial score (nSPS) is 19.3. The minimum absolute atomic E-state index is 0.164. The van der Waals surface area contributed by atoms with Crippen molar-refractivity contribution >= 4 is 22.6 Å². The van der Waals surface area contributed by atoms with Crippen LogP contribution in [0, 0.1) is 17.2 Å². The van der Waals surface area contributed by atoms with Gasteiger partial charge in [0.15, 0.2) is 0 Å². The van der Waals surface area contributed by atoms with E-state index in [1.54, 1.807) is 30.5 Å². The zero-order chi connectivity index (χ0) is 19.5. The quantitative estimate of drug-likeness (QED) is 0.723. The molecule has 0 saturated heterocycles. The van der Waals surface area contributed by atoms with Crippen LogP contribution in [0.1, 0.15) is 47.9 Å². The first-order valence-electron chi connectivity index (χ1n) is 9.30. The van der Waals surface area contributed by atoms with E-state index in [1.807, 2.05) is 16.9 Å². The SMILES string of the molecule is N#Cc1cccc(C(=O)Nc2cc3cn(C4CCC(CO)CC4)nc3cn2)n1. The number of rotatable bonds is 4. The minimum atomic E-state index is -0.418. The Balaban J connectivity index is 1.50. The highest BCUT2D eigenvalue weighted by Crippen LogP contribution is 2.32. The topological polar surface area (TPSA) is 117 Å². The van der Waals surface area contributed by atoms with E-state index in [9.17, 15) is 9.90 Å². The van der Waals surface area contributed by atoms with E-state index >= 15 is 0 Å². The smallest absolute Gasteiger partial charge is 0.275 e. The number of aromatic nitrogens is 4. The number of amides is 1. The molecule has 1 aliphatic rings. The number of carbonyl (C=O) groups is 1. The van der Waals surface area contributed by atoms with Gasteiger partial charge in [0.1, 0.15) is 28.8 Å². The first-order valence-corrected chi connectivity index (χ1v) is 9.30. The summed E-state index contributed by atoms with van der Waals surface area (Å²) in [5, 5.41) is 26.4. The van der Waals surface area contributed by atoms with Gasteiger partial charge >= 0.3 is 0 Å². The molecule has 3 heterocycles. The number of nitrogens with one attached hydrogen (secondary N) is 1. The molecule has 28 heavy (non-hydrogen) atoms. The molecule has 8 heteroatoms. The Labute approximate surface area is 161 Å². The Hall–Kier alpha value is -3.31. The van der Waals surface area contributed by atoms with Gasteiger partial charge in [0.25, 0.3) is 5.91 Å². The number of nitriles is 1. The van der Waals surface area contributed by atoms with Gasteiger partial charge in [-0.1, -0.05) is 6.07 Å². The summed E-state index contributed by atoms with van der Waals surface area (Å²) in [5.74, 6) is 0.390. The summed E-state index contributed by atoms with van der Waals surface area (Å²) in [6, 6.07) is 8.74. The number of anilines is 1. The summed E-state index contributed by atoms with van der Waals surface area (Å²) in [4.78, 5) is 20.6. The van der Waals surface area contributed by atoms with Crippen LogP contribution in [-0.2, 0) is 0 Å². The van der Waals surface area contributed by atoms with Gasteiger partial charge in [0, 0.05) is 18.2 Å². The first kappa shape index (κ1) is 18.1. The molecule has 1 saturated carbocycles. The van der Waals surface area contributed by atoms with Gasteiger partial charge in [-0.15, -0.1) is 0 Å². The molecule has 3 aromatic heterocycles. The van der Waals surface area contributed by atoms with Crippen LogP contribution < -0.4 is 5.32 Å². The van der Waals surface area contributed by atoms with E-state index in [4.69, 9.17) is 5.26 Å². The number of aliphatic hydroxyl groups is 1. The maximum atomic E-state index is 12.4. The molecule has 0 unspecified atom stereocenters. The number of nitrogens with zero attached hydrogens (tertiary/aromatic N) is 5. The van der Waals surface area contributed by atoms with Crippen LogP contribution in [0.15, 0.2) is 36.7 Å². The summed E-state index contributed by atoms with van der Waals surface area (Å²) in [6.07, 6.45) is 7.62. The molecule has 0 atom stereocenters. The monoisotopic (exact) mass is 376 g/mol. The van der Waals surface area contributed by atoms with Crippen LogP contribution in [0.3, 0.4) is 0 Å². The highest BCUT2D eigenvalue weighted by atomic mass is 16.3. The van der Waals surface area contributed by atoms with Crippen LogP contribution in [0.2, 0.25) is 0 Å². The van der Waals surface area contributed by atoms with Gasteiger partial charge < -0.3 is 10.4 Å². The average molecular weight is 376 g/mol. The summed E-state index contributed by atoms with van der Waals surface area (Å²) in [7, 11) is 0. The van der Waals surface area contributed by atoms with Gasteiger partial charge in [-0.25, -0.2) is 9.97 Å². The van der Waals surface area contributed by atoms with Crippen molar-refractivity contribution in [2.45, 2.75) is 31.7 Å². The average Bonchev–Trinajstić information content (AvgIpc) is 3.17. The molecule has 142 valence electrons. The highest BCUT2D eigenvalue weighted by Gasteiger charge is 2.22. The van der Waals surface area contributed by atoms with Gasteiger partial charge in [0.2, 0.25) is 0 Å². The third-order valence-electron chi connectivity index (χ3n) is 5.19. The van der Waals surface area contributed by atoms with Gasteiger partial charge in [0.05, 0.1) is 12.2 Å². The summed E-state index contributed by atoms with van der Waals surface area (Å²) >= 11 is 0. The molecular weight excluding hydrogens is 356 g/mol. The van der Waals surface area contributed by atoms with Crippen LogP contribution in [0.25, 0.3) is 10.9 Å². The number of carbonyl (C=O) groups excluding carboxylic acids is 1. The zero-order valence-corrected chi connectivity index (χ0v) is 15.2. The maximum Gasteiger partial charge on any atom is 0.275 e. The largest absolute Gasteiger partial charge is 0.396 e. The predicted molar refractivity (Wildman–Crippen MR) is 103 cm³/mol. The fraction of sp³-hybridized carbons (Fsp3) is 0.350. The Kier molecular flexibility index (Phi) is 5.00. The number of hydrogen-bond acceptors (Lipinski definition) is 6. The Morgan fingerprint density at radius 3 is 2.89 bits per heavy atom. The molecule has 2 N–H and O–H groups in total. The molecule has 3 aromatic rings. The van der Waals surface area contributed by atoms with Crippen molar-refractivity contribution < 1.29 is 9.90 Å². The lowest BCUT2D eigenvalue weighted by Gasteiger charge is -2.27. The second-order valence-electron chi connectivity index (χ2n) is 7.07. The molecule has 0 bridgehead atoms. The fourth-order valence-corrected chi connectivity index (χ4v) is 3.60. The molecule has 1 fully saturated rings. The van der Waals surface area contributed by atoms with Gasteiger partial charge in [-0.2, -0.15) is 10.4 Å². The number of fused-ring (bicyclic) bond motifs is 1. The van der Waals surface area contributed by atoms with E-state index < -0.39 is 5.91 Å². The zero-order valence-electron chi connectivity index (χ0n) is 15.2. The second-order valence-corrected chi connectivity index (χ2v) is 7.07. The number of hydrogen-bond donors (Lipinski definition) is 2. The lowest BCUT2D eigenvalue weighted by Crippen LogP contribution is -2.20. The van der Waals surface area contributed by atoms with Crippen LogP contribution in [-0.4, -0.2) is 37.4 Å². The maximum absolute atomic E-state index is 12.4. The van der Waals surface area contributed by atoms with Crippen LogP contribution >= 0.6 is 0 Å². The standard InChI is InChI=1S/C20H20N6O2/c21-9-15-2-1-3-17(23-15)20(28)24-19-8-14-11-26(25-18(14)10-22-19)16-6-4-13(12-27)5-7-16/h1-3,8,10-11,13,16,27H,4-7,12H2,(H,24,28). The molecule has 0 radical (unpaired) electrons.